The number of hydrogen-bond acceptors (Lipinski definition) is 13. The molecule has 2 aromatic heterocycles. The van der Waals surface area contributed by atoms with Crippen LogP contribution in [-0.4, -0.2) is 121 Å². The molecule has 4 saturated heterocycles. The molecule has 4 aliphatic rings. The molecule has 2 aromatic rings. The van der Waals surface area contributed by atoms with E-state index in [1.165, 1.54) is 26.2 Å². The van der Waals surface area contributed by atoms with E-state index in [4.69, 9.17) is 15.2 Å². The third kappa shape index (κ3) is 6.23. The molecule has 6 heterocycles. The van der Waals surface area contributed by atoms with Crippen LogP contribution in [0.15, 0.2) is 12.3 Å². The van der Waals surface area contributed by atoms with E-state index < -0.39 is 20.2 Å². The van der Waals surface area contributed by atoms with Gasteiger partial charge in [0.25, 0.3) is 10.2 Å². The van der Waals surface area contributed by atoms with Crippen molar-refractivity contribution in [3.63, 3.8) is 0 Å². The normalized spacial score (nSPS) is 25.8. The summed E-state index contributed by atoms with van der Waals surface area (Å²) in [5.74, 6) is 1.41. The minimum absolute atomic E-state index is 0.00559. The Kier molecular flexibility index (Phi) is 8.73. The molecule has 4 aliphatic heterocycles. The maximum absolute atomic E-state index is 13.6. The molecule has 0 aliphatic carbocycles. The summed E-state index contributed by atoms with van der Waals surface area (Å²) in [6.45, 7) is 2.06. The van der Waals surface area contributed by atoms with Gasteiger partial charge in [0.15, 0.2) is 5.13 Å². The minimum Gasteiger partial charge on any atom is -0.391 e. The van der Waals surface area contributed by atoms with Gasteiger partial charge in [0.05, 0.1) is 29.7 Å². The largest absolute Gasteiger partial charge is 0.391 e. The standard InChI is InChI=1S/C26H38N10O5S3/c1-32(21-10-19-4-3-5-20(11-21)36(19)44(40,41)35-15-18(13-27)16-35)25-29-23(30-26-28-14-22(17-37)42-26)12-24(31-25)33-6-8-34(9-7-33)43(2,38)39/h12,14,18-21,37H,3-11,15-17H2,1-2H3,(H,28,29,30,31)/t19-,20+,21?. The van der Waals surface area contributed by atoms with E-state index >= 15 is 0 Å². The summed E-state index contributed by atoms with van der Waals surface area (Å²) in [5, 5.41) is 22.5. The third-order valence-electron chi connectivity index (χ3n) is 9.05. The summed E-state index contributed by atoms with van der Waals surface area (Å²) in [5.41, 5.74) is 0. The molecule has 44 heavy (non-hydrogen) atoms. The first-order chi connectivity index (χ1) is 21.0. The van der Waals surface area contributed by atoms with Gasteiger partial charge >= 0.3 is 0 Å². The Balaban J connectivity index is 1.24. The molecule has 1 unspecified atom stereocenters. The van der Waals surface area contributed by atoms with E-state index in [0.717, 1.165) is 19.3 Å². The van der Waals surface area contributed by atoms with Crippen LogP contribution in [0.2, 0.25) is 0 Å². The van der Waals surface area contributed by atoms with Gasteiger partial charge in [0.2, 0.25) is 16.0 Å². The number of rotatable bonds is 9. The van der Waals surface area contributed by atoms with Crippen molar-refractivity contribution in [1.29, 1.82) is 5.26 Å². The van der Waals surface area contributed by atoms with E-state index in [2.05, 4.69) is 16.4 Å². The molecule has 240 valence electrons. The zero-order valence-corrected chi connectivity index (χ0v) is 27.2. The monoisotopic (exact) mass is 666 g/mol. The molecule has 0 saturated carbocycles. The Labute approximate surface area is 262 Å². The van der Waals surface area contributed by atoms with Crippen LogP contribution >= 0.6 is 11.3 Å². The van der Waals surface area contributed by atoms with Crippen LogP contribution in [-0.2, 0) is 26.8 Å². The number of piperidine rings is 2. The summed E-state index contributed by atoms with van der Waals surface area (Å²) in [6.07, 6.45) is 6.64. The third-order valence-corrected chi connectivity index (χ3v) is 13.3. The lowest BCUT2D eigenvalue weighted by Crippen LogP contribution is -2.64. The highest BCUT2D eigenvalue weighted by Gasteiger charge is 2.50. The zero-order chi connectivity index (χ0) is 31.2. The number of anilines is 4. The number of nitriles is 1. The minimum atomic E-state index is -3.64. The first-order valence-corrected chi connectivity index (χ1v) is 18.8. The maximum atomic E-state index is 13.6. The van der Waals surface area contributed by atoms with E-state index in [0.29, 0.717) is 66.6 Å². The van der Waals surface area contributed by atoms with Crippen molar-refractivity contribution in [2.75, 3.05) is 67.7 Å². The number of aliphatic hydroxyl groups excluding tert-OH is 1. The van der Waals surface area contributed by atoms with Crippen LogP contribution in [0.3, 0.4) is 0 Å². The number of thiazole rings is 1. The van der Waals surface area contributed by atoms with Gasteiger partial charge in [0, 0.05) is 76.7 Å². The van der Waals surface area contributed by atoms with Crippen molar-refractivity contribution in [1.82, 2.24) is 27.9 Å². The SMILES string of the molecule is CN(c1nc(Nc2ncc(CO)s2)cc(N2CCN(S(C)(=O)=O)CC2)n1)C1C[C@H]2CCC[C@@H](C1)N2S(=O)(=O)N1CC(C#N)C1. The first kappa shape index (κ1) is 31.3. The number of nitrogens with zero attached hydrogens (tertiary/aromatic N) is 9. The Morgan fingerprint density at radius 2 is 1.77 bits per heavy atom. The molecular weight excluding hydrogens is 629 g/mol. The predicted molar refractivity (Wildman–Crippen MR) is 166 cm³/mol. The van der Waals surface area contributed by atoms with E-state index in [-0.39, 0.29) is 43.7 Å². The van der Waals surface area contributed by atoms with Gasteiger partial charge in [-0.25, -0.2) is 13.4 Å². The summed E-state index contributed by atoms with van der Waals surface area (Å²) in [7, 11) is -4.99. The summed E-state index contributed by atoms with van der Waals surface area (Å²) in [6, 6.07) is 3.70. The van der Waals surface area contributed by atoms with Crippen LogP contribution in [0.5, 0.6) is 0 Å². The van der Waals surface area contributed by atoms with Crippen molar-refractivity contribution in [3.8, 4) is 6.07 Å². The van der Waals surface area contributed by atoms with E-state index in [9.17, 15) is 21.9 Å². The van der Waals surface area contributed by atoms with Crippen molar-refractivity contribution >= 4 is 54.3 Å². The lowest BCUT2D eigenvalue weighted by molar-refractivity contribution is 0.0930. The van der Waals surface area contributed by atoms with E-state index in [1.54, 1.807) is 10.5 Å². The van der Waals surface area contributed by atoms with E-state index in [1.807, 2.05) is 22.9 Å². The van der Waals surface area contributed by atoms with Crippen LogP contribution in [0.4, 0.5) is 22.7 Å². The molecule has 2 bridgehead atoms. The quantitative estimate of drug-likeness (QED) is 0.385. The Hall–Kier alpha value is -2.66. The van der Waals surface area contributed by atoms with Gasteiger partial charge in [-0.15, -0.1) is 0 Å². The second-order valence-electron chi connectivity index (χ2n) is 11.9. The van der Waals surface area contributed by atoms with Crippen molar-refractivity contribution in [2.24, 2.45) is 5.92 Å². The van der Waals surface area contributed by atoms with Gasteiger partial charge in [-0.05, 0) is 25.7 Å². The molecule has 2 N–H and O–H groups in total. The fourth-order valence-electron chi connectivity index (χ4n) is 6.61. The van der Waals surface area contributed by atoms with Gasteiger partial charge in [-0.3, -0.25) is 0 Å². The second kappa shape index (κ2) is 12.3. The predicted octanol–water partition coefficient (Wildman–Crippen LogP) is 0.772. The number of aromatic nitrogens is 3. The Bertz CT molecular complexity index is 1600. The summed E-state index contributed by atoms with van der Waals surface area (Å²) in [4.78, 5) is 18.9. The molecule has 6 rings (SSSR count). The lowest BCUT2D eigenvalue weighted by atomic mass is 9.83. The fraction of sp³-hybridized carbons (Fsp3) is 0.692. The Morgan fingerprint density at radius 3 is 2.36 bits per heavy atom. The van der Waals surface area contributed by atoms with Crippen molar-refractivity contribution in [2.45, 2.75) is 56.8 Å². The highest BCUT2D eigenvalue weighted by Crippen LogP contribution is 2.40. The van der Waals surface area contributed by atoms with Gasteiger partial charge in [-0.2, -0.15) is 36.6 Å². The average Bonchev–Trinajstić information content (AvgIpc) is 3.42. The highest BCUT2D eigenvalue weighted by atomic mass is 32.2. The zero-order valence-electron chi connectivity index (χ0n) is 24.8. The number of sulfonamides is 1. The number of hydrogen-bond donors (Lipinski definition) is 2. The number of piperazine rings is 1. The first-order valence-electron chi connectivity index (χ1n) is 14.8. The number of fused-ring (bicyclic) bond motifs is 2. The molecule has 0 radical (unpaired) electrons. The fourth-order valence-corrected chi connectivity index (χ4v) is 10.3. The molecule has 0 amide bonds. The van der Waals surface area contributed by atoms with Crippen LogP contribution in [0, 0.1) is 17.2 Å². The molecular formula is C26H38N10O5S3. The maximum Gasteiger partial charge on any atom is 0.282 e. The highest BCUT2D eigenvalue weighted by molar-refractivity contribution is 7.88. The topological polar surface area (TPSA) is 179 Å². The number of aliphatic hydroxyl groups is 1. The molecule has 0 spiro atoms. The average molecular weight is 667 g/mol. The van der Waals surface area contributed by atoms with Crippen molar-refractivity contribution in [3.05, 3.63) is 17.1 Å². The van der Waals surface area contributed by atoms with Crippen molar-refractivity contribution < 1.29 is 21.9 Å². The van der Waals surface area contributed by atoms with Gasteiger partial charge < -0.3 is 20.2 Å². The van der Waals surface area contributed by atoms with Crippen LogP contribution in [0.25, 0.3) is 0 Å². The van der Waals surface area contributed by atoms with Crippen LogP contribution in [0.1, 0.15) is 37.0 Å². The molecule has 15 nitrogen and oxygen atoms in total. The Morgan fingerprint density at radius 1 is 1.09 bits per heavy atom. The second-order valence-corrected chi connectivity index (χ2v) is 16.9. The van der Waals surface area contributed by atoms with Gasteiger partial charge in [-0.1, -0.05) is 17.8 Å². The molecule has 3 atom stereocenters. The molecule has 4 fully saturated rings. The molecule has 18 heteroatoms. The summed E-state index contributed by atoms with van der Waals surface area (Å²) >= 11 is 1.32. The number of nitrogens with one attached hydrogen (secondary N) is 1. The molecule has 0 aromatic carbocycles. The summed E-state index contributed by atoms with van der Waals surface area (Å²) < 4.78 is 55.9. The van der Waals surface area contributed by atoms with Gasteiger partial charge in [0.1, 0.15) is 11.6 Å². The smallest absolute Gasteiger partial charge is 0.282 e. The lowest BCUT2D eigenvalue weighted by Gasteiger charge is -2.51. The van der Waals surface area contributed by atoms with Crippen LogP contribution < -0.4 is 15.1 Å².